The topological polar surface area (TPSA) is 102 Å². The van der Waals surface area contributed by atoms with Gasteiger partial charge in [-0.25, -0.2) is 8.42 Å². The highest BCUT2D eigenvalue weighted by molar-refractivity contribution is 7.89. The van der Waals surface area contributed by atoms with Crippen LogP contribution in [0.2, 0.25) is 0 Å². The number of nitro benzene ring substituents is 1. The molecular weight excluding hydrogens is 499 g/mol. The predicted octanol–water partition coefficient (Wildman–Crippen LogP) is 5.02. The van der Waals surface area contributed by atoms with Crippen molar-refractivity contribution in [3.05, 3.63) is 57.6 Å². The maximum absolute atomic E-state index is 13.2. The molecule has 2 fully saturated rings. The van der Waals surface area contributed by atoms with Gasteiger partial charge in [-0.15, -0.1) is 0 Å². The molecule has 1 aliphatic heterocycles. The maximum atomic E-state index is 13.2. The van der Waals surface area contributed by atoms with Gasteiger partial charge in [0.25, 0.3) is 5.69 Å². The minimum atomic E-state index is -4.38. The van der Waals surface area contributed by atoms with Crippen molar-refractivity contribution in [1.82, 2.24) is 4.31 Å². The van der Waals surface area contributed by atoms with E-state index in [2.05, 4.69) is 5.32 Å². The summed E-state index contributed by atoms with van der Waals surface area (Å²) in [5.74, 6) is -0.100. The van der Waals surface area contributed by atoms with Crippen LogP contribution in [0.4, 0.5) is 24.5 Å². The number of halogens is 3. The molecular formula is C24H28F3N3O5S. The van der Waals surface area contributed by atoms with Crippen molar-refractivity contribution in [3.63, 3.8) is 0 Å². The minimum Gasteiger partial charge on any atom is -0.497 e. The van der Waals surface area contributed by atoms with Crippen molar-refractivity contribution in [3.8, 4) is 5.75 Å². The Kier molecular flexibility index (Phi) is 6.95. The number of anilines is 1. The lowest BCUT2D eigenvalue weighted by molar-refractivity contribution is -0.384. The van der Waals surface area contributed by atoms with Crippen LogP contribution in [0, 0.1) is 23.0 Å². The molecule has 1 heterocycles. The predicted molar refractivity (Wildman–Crippen MR) is 128 cm³/mol. The number of methoxy groups -OCH3 is 1. The lowest BCUT2D eigenvalue weighted by Crippen LogP contribution is -2.30. The number of nitro groups is 1. The quantitative estimate of drug-likeness (QED) is 0.363. The first kappa shape index (κ1) is 26.2. The van der Waals surface area contributed by atoms with Gasteiger partial charge in [0.1, 0.15) is 11.4 Å². The molecule has 1 N–H and O–H groups in total. The second-order valence-electron chi connectivity index (χ2n) is 9.54. The summed E-state index contributed by atoms with van der Waals surface area (Å²) in [7, 11) is -2.61. The molecule has 12 heteroatoms. The highest BCUT2D eigenvalue weighted by Gasteiger charge is 2.45. The van der Waals surface area contributed by atoms with Gasteiger partial charge in [-0.2, -0.15) is 17.5 Å². The molecule has 0 aromatic heterocycles. The maximum Gasteiger partial charge on any atom is 0.389 e. The fourth-order valence-electron chi connectivity index (χ4n) is 4.91. The van der Waals surface area contributed by atoms with Crippen molar-refractivity contribution in [2.75, 3.05) is 32.1 Å². The Labute approximate surface area is 207 Å². The normalized spacial score (nSPS) is 19.8. The lowest BCUT2D eigenvalue weighted by Gasteiger charge is -2.21. The molecule has 36 heavy (non-hydrogen) atoms. The van der Waals surface area contributed by atoms with Crippen molar-refractivity contribution < 1.29 is 31.2 Å². The van der Waals surface area contributed by atoms with E-state index in [4.69, 9.17) is 4.74 Å². The van der Waals surface area contributed by atoms with Crippen molar-refractivity contribution >= 4 is 21.4 Å². The van der Waals surface area contributed by atoms with Gasteiger partial charge >= 0.3 is 6.18 Å². The average molecular weight is 528 g/mol. The summed E-state index contributed by atoms with van der Waals surface area (Å²) in [4.78, 5) is 11.1. The van der Waals surface area contributed by atoms with E-state index in [9.17, 15) is 31.7 Å². The Bertz CT molecular complexity index is 1240. The molecule has 1 saturated heterocycles. The highest BCUT2D eigenvalue weighted by Crippen LogP contribution is 2.49. The molecule has 1 atom stereocenters. The summed E-state index contributed by atoms with van der Waals surface area (Å²) < 4.78 is 70.9. The van der Waals surface area contributed by atoms with Gasteiger partial charge in [0.2, 0.25) is 10.0 Å². The third-order valence-corrected chi connectivity index (χ3v) is 9.13. The molecule has 2 aromatic rings. The van der Waals surface area contributed by atoms with E-state index in [1.165, 1.54) is 19.1 Å². The van der Waals surface area contributed by atoms with E-state index in [1.807, 2.05) is 24.3 Å². The van der Waals surface area contributed by atoms with Gasteiger partial charge in [-0.1, -0.05) is 12.1 Å². The summed E-state index contributed by atoms with van der Waals surface area (Å²) in [6, 6.07) is 10.3. The molecule has 0 bridgehead atoms. The minimum absolute atomic E-state index is 0.0430. The molecule has 0 spiro atoms. The molecule has 1 aliphatic carbocycles. The molecule has 0 radical (unpaired) electrons. The van der Waals surface area contributed by atoms with E-state index in [0.29, 0.717) is 6.54 Å². The molecule has 4 rings (SSSR count). The molecule has 196 valence electrons. The number of alkyl halides is 3. The van der Waals surface area contributed by atoms with Gasteiger partial charge in [0.05, 0.1) is 16.9 Å². The van der Waals surface area contributed by atoms with E-state index < -0.39 is 33.5 Å². The molecule has 1 saturated carbocycles. The summed E-state index contributed by atoms with van der Waals surface area (Å²) in [5, 5.41) is 15.1. The Morgan fingerprint density at radius 2 is 1.86 bits per heavy atom. The Hall–Kier alpha value is -2.86. The third kappa shape index (κ3) is 5.29. The second-order valence-corrected chi connectivity index (χ2v) is 11.4. The van der Waals surface area contributed by atoms with E-state index in [-0.39, 0.29) is 46.8 Å². The zero-order valence-electron chi connectivity index (χ0n) is 20.0. The Morgan fingerprint density at radius 1 is 1.19 bits per heavy atom. The van der Waals surface area contributed by atoms with Gasteiger partial charge < -0.3 is 10.1 Å². The first-order valence-corrected chi connectivity index (χ1v) is 13.0. The van der Waals surface area contributed by atoms with E-state index >= 15 is 0 Å². The molecule has 2 aromatic carbocycles. The Balaban J connectivity index is 1.55. The van der Waals surface area contributed by atoms with Crippen LogP contribution < -0.4 is 10.1 Å². The first-order chi connectivity index (χ1) is 16.9. The number of hydrogen-bond donors (Lipinski definition) is 1. The lowest BCUT2D eigenvalue weighted by atomic mass is 9.95. The number of ether oxygens (including phenoxy) is 1. The summed E-state index contributed by atoms with van der Waals surface area (Å²) in [6.45, 7) is 1.47. The van der Waals surface area contributed by atoms with Crippen LogP contribution in [-0.2, 0) is 15.4 Å². The van der Waals surface area contributed by atoms with Crippen molar-refractivity contribution in [2.24, 2.45) is 5.92 Å². The molecule has 0 amide bonds. The van der Waals surface area contributed by atoms with Gasteiger partial charge in [0, 0.05) is 37.0 Å². The van der Waals surface area contributed by atoms with Crippen LogP contribution in [0.3, 0.4) is 0 Å². The number of rotatable bonds is 9. The number of hydrogen-bond acceptors (Lipinski definition) is 6. The van der Waals surface area contributed by atoms with Crippen LogP contribution in [-0.4, -0.2) is 50.6 Å². The average Bonchev–Trinajstić information content (AvgIpc) is 3.46. The van der Waals surface area contributed by atoms with Crippen molar-refractivity contribution in [1.29, 1.82) is 0 Å². The van der Waals surface area contributed by atoms with Crippen LogP contribution >= 0.6 is 0 Å². The van der Waals surface area contributed by atoms with E-state index in [0.717, 1.165) is 28.5 Å². The van der Waals surface area contributed by atoms with Crippen LogP contribution in [0.25, 0.3) is 0 Å². The van der Waals surface area contributed by atoms with Crippen LogP contribution in [0.15, 0.2) is 41.3 Å². The van der Waals surface area contributed by atoms with Crippen molar-refractivity contribution in [2.45, 2.75) is 49.1 Å². The van der Waals surface area contributed by atoms with Gasteiger partial charge in [0.15, 0.2) is 0 Å². The summed E-state index contributed by atoms with van der Waals surface area (Å²) >= 11 is 0. The summed E-state index contributed by atoms with van der Waals surface area (Å²) in [5.41, 5.74) is 0.706. The van der Waals surface area contributed by atoms with Crippen LogP contribution in [0.1, 0.15) is 36.8 Å². The van der Waals surface area contributed by atoms with Crippen LogP contribution in [0.5, 0.6) is 5.75 Å². The fraction of sp³-hybridized carbons (Fsp3) is 0.500. The number of benzene rings is 2. The van der Waals surface area contributed by atoms with Gasteiger partial charge in [-0.3, -0.25) is 10.1 Å². The SMILES string of the molecule is COc1ccc(C2(CNc3ccc(S(=O)(=O)N4CCC(CC(F)(F)F)C4)c(C)c3[N+](=O)[O-])CC2)cc1. The zero-order valence-corrected chi connectivity index (χ0v) is 20.8. The zero-order chi connectivity index (χ0) is 26.3. The number of nitrogens with zero attached hydrogens (tertiary/aromatic N) is 2. The first-order valence-electron chi connectivity index (χ1n) is 11.6. The fourth-order valence-corrected chi connectivity index (χ4v) is 6.67. The smallest absolute Gasteiger partial charge is 0.389 e. The third-order valence-electron chi connectivity index (χ3n) is 7.12. The van der Waals surface area contributed by atoms with Gasteiger partial charge in [-0.05, 0) is 61.9 Å². The largest absolute Gasteiger partial charge is 0.497 e. The summed E-state index contributed by atoms with van der Waals surface area (Å²) in [6.07, 6.45) is -3.54. The molecule has 2 aliphatic rings. The number of nitrogens with one attached hydrogen (secondary N) is 1. The highest BCUT2D eigenvalue weighted by atomic mass is 32.2. The Morgan fingerprint density at radius 3 is 2.42 bits per heavy atom. The molecule has 1 unspecified atom stereocenters. The molecule has 8 nitrogen and oxygen atoms in total. The van der Waals surface area contributed by atoms with E-state index in [1.54, 1.807) is 7.11 Å². The monoisotopic (exact) mass is 527 g/mol. The second kappa shape index (κ2) is 9.55. The standard InChI is InChI=1S/C24H28F3N3O5S/c1-16-21(36(33,34)29-12-9-17(14-29)13-24(25,26)27)8-7-20(22(16)30(31)32)28-15-23(10-11-23)18-3-5-19(35-2)6-4-18/h3-8,17,28H,9-15H2,1-2H3. The number of sulfonamides is 1.